The maximum atomic E-state index is 15.2. The molecule has 0 aliphatic heterocycles. The van der Waals surface area contributed by atoms with E-state index < -0.39 is 28.9 Å². The molecule has 1 aliphatic carbocycles. The molecule has 4 aromatic rings. The van der Waals surface area contributed by atoms with Gasteiger partial charge in [-0.2, -0.15) is 12.6 Å². The highest BCUT2D eigenvalue weighted by molar-refractivity contribution is 7.81. The van der Waals surface area contributed by atoms with E-state index in [2.05, 4.69) is 33.6 Å². The maximum absolute atomic E-state index is 15.2. The average Bonchev–Trinajstić information content (AvgIpc) is 3.90. The summed E-state index contributed by atoms with van der Waals surface area (Å²) >= 11 is 3.94. The Bertz CT molecular complexity index is 1790. The average molecular weight is 679 g/mol. The van der Waals surface area contributed by atoms with Crippen molar-refractivity contribution in [2.75, 3.05) is 36.6 Å². The number of hydrogen-bond donors (Lipinski definition) is 4. The first kappa shape index (κ1) is 34.4. The Morgan fingerprint density at radius 3 is 2.23 bits per heavy atom. The van der Waals surface area contributed by atoms with Crippen LogP contribution in [0.25, 0.3) is 10.9 Å². The summed E-state index contributed by atoms with van der Waals surface area (Å²) in [6.07, 6.45) is 5.79. The third-order valence-electron chi connectivity index (χ3n) is 7.91. The van der Waals surface area contributed by atoms with Crippen molar-refractivity contribution in [3.8, 4) is 23.0 Å². The number of ether oxygens (including phenoxy) is 3. The van der Waals surface area contributed by atoms with Crippen LogP contribution in [0.15, 0.2) is 66.9 Å². The number of halogens is 2. The predicted molar refractivity (Wildman–Crippen MR) is 181 cm³/mol. The number of thiol groups is 1. The summed E-state index contributed by atoms with van der Waals surface area (Å²) in [7, 11) is 1.52. The topological polar surface area (TPSA) is 128 Å². The molecule has 0 spiro atoms. The van der Waals surface area contributed by atoms with Crippen LogP contribution >= 0.6 is 12.6 Å². The molecule has 0 bridgehead atoms. The number of carbonyl (C=O) groups excluding carboxylic acids is 3. The van der Waals surface area contributed by atoms with Crippen molar-refractivity contribution in [2.24, 2.45) is 5.41 Å². The number of unbranched alkanes of at least 4 members (excludes halogenated alkanes) is 3. The molecule has 13 heteroatoms. The number of methoxy groups -OCH3 is 1. The predicted octanol–water partition coefficient (Wildman–Crippen LogP) is 6.66. The zero-order valence-electron chi connectivity index (χ0n) is 26.3. The number of nitrogens with zero attached hydrogens (tertiary/aromatic N) is 1. The van der Waals surface area contributed by atoms with Gasteiger partial charge < -0.3 is 30.2 Å². The van der Waals surface area contributed by atoms with Gasteiger partial charge in [0.1, 0.15) is 17.0 Å². The number of carbonyl (C=O) groups is 3. The van der Waals surface area contributed by atoms with E-state index in [0.29, 0.717) is 59.8 Å². The lowest BCUT2D eigenvalue weighted by Crippen LogP contribution is -2.35. The number of aromatic nitrogens is 1. The third-order valence-corrected chi connectivity index (χ3v) is 8.20. The van der Waals surface area contributed by atoms with E-state index in [1.165, 1.54) is 43.5 Å². The first-order valence-corrected chi connectivity index (χ1v) is 16.2. The van der Waals surface area contributed by atoms with Crippen molar-refractivity contribution < 1.29 is 37.4 Å². The summed E-state index contributed by atoms with van der Waals surface area (Å²) in [5.41, 5.74) is -0.200. The van der Waals surface area contributed by atoms with Crippen molar-refractivity contribution in [1.29, 1.82) is 0 Å². The molecule has 1 aromatic heterocycles. The van der Waals surface area contributed by atoms with Gasteiger partial charge in [-0.1, -0.05) is 12.8 Å². The van der Waals surface area contributed by atoms with E-state index >= 15 is 4.39 Å². The minimum Gasteiger partial charge on any atom is -0.493 e. The van der Waals surface area contributed by atoms with Crippen molar-refractivity contribution >= 4 is 52.6 Å². The van der Waals surface area contributed by atoms with Gasteiger partial charge in [0.15, 0.2) is 23.1 Å². The largest absolute Gasteiger partial charge is 0.493 e. The molecule has 0 radical (unpaired) electrons. The Labute approximate surface area is 282 Å². The fourth-order valence-electron chi connectivity index (χ4n) is 5.03. The lowest BCUT2D eigenvalue weighted by molar-refractivity contribution is -0.131. The number of amides is 3. The Morgan fingerprint density at radius 2 is 1.54 bits per heavy atom. The van der Waals surface area contributed by atoms with Crippen LogP contribution in [0.3, 0.4) is 0 Å². The van der Waals surface area contributed by atoms with Crippen LogP contribution in [0.4, 0.5) is 20.2 Å². The second kappa shape index (κ2) is 15.8. The number of hydrogen-bond acceptors (Lipinski definition) is 8. The van der Waals surface area contributed by atoms with Crippen LogP contribution in [-0.4, -0.2) is 48.7 Å². The van der Waals surface area contributed by atoms with Gasteiger partial charge in [0.2, 0.25) is 17.7 Å². The fourth-order valence-corrected chi connectivity index (χ4v) is 5.14. The summed E-state index contributed by atoms with van der Waals surface area (Å²) in [5.74, 6) is -0.905. The number of anilines is 2. The second-order valence-electron chi connectivity index (χ2n) is 11.3. The van der Waals surface area contributed by atoms with Crippen LogP contribution in [0.2, 0.25) is 0 Å². The molecule has 3 N–H and O–H groups in total. The molecule has 10 nitrogen and oxygen atoms in total. The van der Waals surface area contributed by atoms with E-state index in [1.54, 1.807) is 24.4 Å². The lowest BCUT2D eigenvalue weighted by atomic mass is 10.0. The fraction of sp³-hybridized carbons (Fsp3) is 0.314. The zero-order valence-corrected chi connectivity index (χ0v) is 27.2. The Balaban J connectivity index is 1.19. The first-order chi connectivity index (χ1) is 23.2. The number of nitrogens with one attached hydrogen (secondary N) is 3. The molecule has 1 heterocycles. The van der Waals surface area contributed by atoms with Crippen LogP contribution in [-0.2, 0) is 14.4 Å². The molecule has 1 fully saturated rings. The van der Waals surface area contributed by atoms with Crippen LogP contribution in [0, 0.1) is 17.0 Å². The highest BCUT2D eigenvalue weighted by atomic mass is 32.1. The Kier molecular flexibility index (Phi) is 11.3. The summed E-state index contributed by atoms with van der Waals surface area (Å²) in [4.78, 5) is 41.6. The maximum Gasteiger partial charge on any atom is 0.240 e. The quantitative estimate of drug-likeness (QED) is 0.0593. The van der Waals surface area contributed by atoms with Crippen LogP contribution in [0.5, 0.6) is 23.0 Å². The van der Waals surface area contributed by atoms with Gasteiger partial charge in [0.05, 0.1) is 25.0 Å². The molecule has 5 rings (SSSR count). The molecule has 3 amide bonds. The van der Waals surface area contributed by atoms with Crippen LogP contribution in [0.1, 0.15) is 38.5 Å². The monoisotopic (exact) mass is 678 g/mol. The smallest absolute Gasteiger partial charge is 0.240 e. The summed E-state index contributed by atoms with van der Waals surface area (Å²) in [6.45, 7) is 1.09. The first-order valence-electron chi connectivity index (χ1n) is 15.6. The third kappa shape index (κ3) is 8.51. The van der Waals surface area contributed by atoms with Gasteiger partial charge in [-0.05, 0) is 74.2 Å². The second-order valence-corrected chi connectivity index (χ2v) is 11.7. The number of rotatable bonds is 16. The normalized spacial score (nSPS) is 13.0. The van der Waals surface area contributed by atoms with Gasteiger partial charge in [-0.3, -0.25) is 19.4 Å². The van der Waals surface area contributed by atoms with Gasteiger partial charge in [0.25, 0.3) is 0 Å². The molecular formula is C35H36F2N4O6S. The standard InChI is InChI=1S/C35H36F2N4O6S/c1-45-30-19-25-27(20-31(30)46-17-5-3-2-4-15-39-32(42)21-48)38-16-12-28(25)47-29-11-10-24(18-26(29)37)41-34(44)35(13-14-35)33(43)40-23-8-6-22(36)7-9-23/h6-12,16,18-20,48H,2-5,13-15,17,21H2,1H3,(H,39,42)(H,40,43)(H,41,44). The molecule has 1 saturated carbocycles. The highest BCUT2D eigenvalue weighted by Crippen LogP contribution is 2.47. The van der Waals surface area contributed by atoms with Crippen molar-refractivity contribution in [3.05, 3.63) is 78.5 Å². The summed E-state index contributed by atoms with van der Waals surface area (Å²) in [5, 5.41) is 8.64. The summed E-state index contributed by atoms with van der Waals surface area (Å²) < 4.78 is 45.9. The molecule has 0 atom stereocenters. The minimum absolute atomic E-state index is 0.0761. The highest BCUT2D eigenvalue weighted by Gasteiger charge is 2.56. The summed E-state index contributed by atoms with van der Waals surface area (Å²) in [6, 6.07) is 14.3. The Hall–Kier alpha value is -4.91. The molecule has 0 unspecified atom stereocenters. The van der Waals surface area contributed by atoms with Crippen molar-refractivity contribution in [2.45, 2.75) is 38.5 Å². The minimum atomic E-state index is -1.29. The molecule has 1 aliphatic rings. The van der Waals surface area contributed by atoms with E-state index in [4.69, 9.17) is 14.2 Å². The number of pyridine rings is 1. The van der Waals surface area contributed by atoms with Crippen molar-refractivity contribution in [1.82, 2.24) is 10.3 Å². The molecular weight excluding hydrogens is 642 g/mol. The number of benzene rings is 3. The molecule has 48 heavy (non-hydrogen) atoms. The van der Waals surface area contributed by atoms with E-state index in [1.807, 2.05) is 0 Å². The van der Waals surface area contributed by atoms with Gasteiger partial charge in [-0.15, -0.1) is 0 Å². The SMILES string of the molecule is COc1cc2c(Oc3ccc(NC(=O)C4(C(=O)Nc5ccc(F)cc5)CC4)cc3F)ccnc2cc1OCCCCCCNC(=O)CS. The van der Waals surface area contributed by atoms with Crippen molar-refractivity contribution in [3.63, 3.8) is 0 Å². The van der Waals surface area contributed by atoms with E-state index in [0.717, 1.165) is 31.7 Å². The zero-order chi connectivity index (χ0) is 34.1. The van der Waals surface area contributed by atoms with Gasteiger partial charge in [-0.25, -0.2) is 8.78 Å². The van der Waals surface area contributed by atoms with Crippen LogP contribution < -0.4 is 30.2 Å². The lowest BCUT2D eigenvalue weighted by Gasteiger charge is -2.16. The molecule has 252 valence electrons. The van der Waals surface area contributed by atoms with Gasteiger partial charge >= 0.3 is 0 Å². The molecule has 3 aromatic carbocycles. The molecule has 0 saturated heterocycles. The number of fused-ring (bicyclic) bond motifs is 1. The Morgan fingerprint density at radius 1 is 0.833 bits per heavy atom. The van der Waals surface area contributed by atoms with E-state index in [9.17, 15) is 18.8 Å². The van der Waals surface area contributed by atoms with E-state index in [-0.39, 0.29) is 23.1 Å². The van der Waals surface area contributed by atoms with Gasteiger partial charge in [0, 0.05) is 41.6 Å².